The maximum absolute atomic E-state index is 5.06. The second-order valence-corrected chi connectivity index (χ2v) is 5.10. The Morgan fingerprint density at radius 1 is 1.53 bits per heavy atom. The molecule has 0 radical (unpaired) electrons. The molecule has 0 aliphatic rings. The van der Waals surface area contributed by atoms with Crippen LogP contribution in [0.1, 0.15) is 24.6 Å². The zero-order valence-corrected chi connectivity index (χ0v) is 10.5. The number of aryl methyl sites for hydroxylation is 1. The number of methoxy groups -OCH3 is 1. The van der Waals surface area contributed by atoms with Crippen molar-refractivity contribution in [2.75, 3.05) is 13.7 Å². The molecule has 0 aliphatic heterocycles. The van der Waals surface area contributed by atoms with E-state index >= 15 is 0 Å². The maximum atomic E-state index is 5.06. The third-order valence-corrected chi connectivity index (χ3v) is 3.60. The van der Waals surface area contributed by atoms with Gasteiger partial charge < -0.3 is 4.74 Å². The number of thioether (sulfide) groups is 1. The molecule has 1 heterocycles. The average Bonchev–Trinajstić information content (AvgIpc) is 2.25. The predicted octanol–water partition coefficient (Wildman–Crippen LogP) is 3.05. The zero-order valence-electron chi connectivity index (χ0n) is 9.69. The van der Waals surface area contributed by atoms with Gasteiger partial charge in [0.2, 0.25) is 0 Å². The van der Waals surface area contributed by atoms with Gasteiger partial charge in [-0.05, 0) is 25.0 Å². The number of nitrogens with zero attached hydrogens (tertiary/aromatic N) is 1. The van der Waals surface area contributed by atoms with Crippen LogP contribution in [0, 0.1) is 6.92 Å². The summed E-state index contributed by atoms with van der Waals surface area (Å²) in [6.45, 7) is 5.19. The highest BCUT2D eigenvalue weighted by Gasteiger charge is 2.04. The molecule has 1 aromatic heterocycles. The topological polar surface area (TPSA) is 22.1 Å². The molecular weight excluding hydrogens is 206 g/mol. The summed E-state index contributed by atoms with van der Waals surface area (Å²) in [7, 11) is 1.75. The molecule has 15 heavy (non-hydrogen) atoms. The van der Waals surface area contributed by atoms with Gasteiger partial charge in [0.15, 0.2) is 0 Å². The van der Waals surface area contributed by atoms with Crippen LogP contribution in [-0.2, 0) is 10.5 Å². The van der Waals surface area contributed by atoms with Crippen molar-refractivity contribution >= 4 is 11.8 Å². The Balaban J connectivity index is 2.33. The summed E-state index contributed by atoms with van der Waals surface area (Å²) in [6, 6.07) is 4.10. The molecule has 0 saturated carbocycles. The van der Waals surface area contributed by atoms with Crippen LogP contribution in [0.15, 0.2) is 18.3 Å². The predicted molar refractivity (Wildman–Crippen MR) is 66.2 cm³/mol. The molecule has 1 unspecified atom stereocenters. The van der Waals surface area contributed by atoms with Gasteiger partial charge in [-0.1, -0.05) is 13.0 Å². The smallest absolute Gasteiger partial charge is 0.0531 e. The molecule has 1 atom stereocenters. The van der Waals surface area contributed by atoms with Gasteiger partial charge in [0.05, 0.1) is 5.69 Å². The highest BCUT2D eigenvalue weighted by molar-refractivity contribution is 7.99. The van der Waals surface area contributed by atoms with Gasteiger partial charge in [0.25, 0.3) is 0 Å². The minimum atomic E-state index is 0.631. The Bertz CT molecular complexity index is 291. The van der Waals surface area contributed by atoms with E-state index in [-0.39, 0.29) is 0 Å². The monoisotopic (exact) mass is 225 g/mol. The van der Waals surface area contributed by atoms with E-state index in [4.69, 9.17) is 4.74 Å². The molecule has 0 aromatic carbocycles. The van der Waals surface area contributed by atoms with Crippen LogP contribution >= 0.6 is 11.8 Å². The van der Waals surface area contributed by atoms with E-state index in [2.05, 4.69) is 24.9 Å². The number of ether oxygens (including phenoxy) is 1. The fourth-order valence-corrected chi connectivity index (χ4v) is 2.27. The van der Waals surface area contributed by atoms with E-state index in [9.17, 15) is 0 Å². The van der Waals surface area contributed by atoms with Gasteiger partial charge in [0, 0.05) is 30.9 Å². The summed E-state index contributed by atoms with van der Waals surface area (Å²) in [6.07, 6.45) is 2.97. The molecule has 0 spiro atoms. The number of hydrogen-bond donors (Lipinski definition) is 0. The van der Waals surface area contributed by atoms with E-state index in [0.717, 1.165) is 18.8 Å². The van der Waals surface area contributed by atoms with Gasteiger partial charge in [0.1, 0.15) is 0 Å². The van der Waals surface area contributed by atoms with Crippen molar-refractivity contribution in [3.8, 4) is 0 Å². The molecule has 0 bridgehead atoms. The lowest BCUT2D eigenvalue weighted by molar-refractivity contribution is 0.195. The number of rotatable bonds is 6. The van der Waals surface area contributed by atoms with Crippen molar-refractivity contribution in [1.29, 1.82) is 0 Å². The normalized spacial score (nSPS) is 12.7. The van der Waals surface area contributed by atoms with Crippen LogP contribution in [0.2, 0.25) is 0 Å². The minimum Gasteiger partial charge on any atom is -0.385 e. The van der Waals surface area contributed by atoms with Crippen LogP contribution in [0.3, 0.4) is 0 Å². The first-order valence-corrected chi connectivity index (χ1v) is 6.30. The Hall–Kier alpha value is -0.540. The van der Waals surface area contributed by atoms with Crippen molar-refractivity contribution < 1.29 is 4.74 Å². The fraction of sp³-hybridized carbons (Fsp3) is 0.583. The average molecular weight is 225 g/mol. The molecular formula is C12H19NOS. The van der Waals surface area contributed by atoms with Crippen LogP contribution < -0.4 is 0 Å². The lowest BCUT2D eigenvalue weighted by Crippen LogP contribution is -2.02. The summed E-state index contributed by atoms with van der Waals surface area (Å²) >= 11 is 1.94. The molecule has 2 nitrogen and oxygen atoms in total. The van der Waals surface area contributed by atoms with E-state index in [1.54, 1.807) is 7.11 Å². The summed E-state index contributed by atoms with van der Waals surface area (Å²) < 4.78 is 5.06. The Kier molecular flexibility index (Phi) is 5.73. The van der Waals surface area contributed by atoms with Crippen molar-refractivity contribution in [2.24, 2.45) is 0 Å². The van der Waals surface area contributed by atoms with Gasteiger partial charge in [-0.25, -0.2) is 0 Å². The molecule has 3 heteroatoms. The van der Waals surface area contributed by atoms with Gasteiger partial charge >= 0.3 is 0 Å². The SMILES string of the molecule is COCCC(C)SCc1ncccc1C. The molecule has 0 N–H and O–H groups in total. The summed E-state index contributed by atoms with van der Waals surface area (Å²) in [4.78, 5) is 4.38. The van der Waals surface area contributed by atoms with E-state index in [1.165, 1.54) is 11.3 Å². The van der Waals surface area contributed by atoms with Crippen molar-refractivity contribution in [3.05, 3.63) is 29.6 Å². The van der Waals surface area contributed by atoms with Crippen LogP contribution in [0.25, 0.3) is 0 Å². The third-order valence-electron chi connectivity index (χ3n) is 2.35. The molecule has 0 saturated heterocycles. The highest BCUT2D eigenvalue weighted by Crippen LogP contribution is 2.20. The lowest BCUT2D eigenvalue weighted by Gasteiger charge is -2.10. The van der Waals surface area contributed by atoms with Crippen LogP contribution in [0.5, 0.6) is 0 Å². The third kappa shape index (κ3) is 4.67. The second-order valence-electron chi connectivity index (χ2n) is 3.67. The standard InChI is InChI=1S/C12H19NOS/c1-10-5-4-7-13-12(10)9-15-11(2)6-8-14-3/h4-5,7,11H,6,8-9H2,1-3H3. The van der Waals surface area contributed by atoms with E-state index in [0.29, 0.717) is 5.25 Å². The zero-order chi connectivity index (χ0) is 11.1. The molecule has 0 aliphatic carbocycles. The first-order valence-electron chi connectivity index (χ1n) is 5.25. The van der Waals surface area contributed by atoms with Crippen LogP contribution in [0.4, 0.5) is 0 Å². The molecule has 84 valence electrons. The Morgan fingerprint density at radius 2 is 2.33 bits per heavy atom. The minimum absolute atomic E-state index is 0.631. The van der Waals surface area contributed by atoms with Gasteiger partial charge in [-0.2, -0.15) is 11.8 Å². The van der Waals surface area contributed by atoms with Crippen molar-refractivity contribution in [3.63, 3.8) is 0 Å². The second kappa shape index (κ2) is 6.85. The van der Waals surface area contributed by atoms with Crippen molar-refractivity contribution in [1.82, 2.24) is 4.98 Å². The first kappa shape index (κ1) is 12.5. The Labute approximate surface area is 96.4 Å². The van der Waals surface area contributed by atoms with E-state index in [1.807, 2.05) is 24.0 Å². The lowest BCUT2D eigenvalue weighted by atomic mass is 10.2. The number of hydrogen-bond acceptors (Lipinski definition) is 3. The maximum Gasteiger partial charge on any atom is 0.0531 e. The molecule has 0 fully saturated rings. The van der Waals surface area contributed by atoms with Crippen molar-refractivity contribution in [2.45, 2.75) is 31.3 Å². The van der Waals surface area contributed by atoms with Gasteiger partial charge in [-0.15, -0.1) is 0 Å². The molecule has 0 amide bonds. The summed E-state index contributed by atoms with van der Waals surface area (Å²) in [5.74, 6) is 0.998. The van der Waals surface area contributed by atoms with Gasteiger partial charge in [-0.3, -0.25) is 4.98 Å². The highest BCUT2D eigenvalue weighted by atomic mass is 32.2. The fourth-order valence-electron chi connectivity index (χ4n) is 1.26. The largest absolute Gasteiger partial charge is 0.385 e. The summed E-state index contributed by atoms with van der Waals surface area (Å²) in [5.41, 5.74) is 2.48. The molecule has 1 rings (SSSR count). The quantitative estimate of drug-likeness (QED) is 0.743. The Morgan fingerprint density at radius 3 is 3.00 bits per heavy atom. The van der Waals surface area contributed by atoms with Crippen LogP contribution in [-0.4, -0.2) is 24.0 Å². The van der Waals surface area contributed by atoms with E-state index < -0.39 is 0 Å². The number of pyridine rings is 1. The molecule has 1 aromatic rings. The number of aromatic nitrogens is 1. The first-order chi connectivity index (χ1) is 7.24. The summed E-state index contributed by atoms with van der Waals surface area (Å²) in [5, 5.41) is 0.631.